The standard InChI is InChI=1S/C18H15N5O/c19-17(20-12-6-9-13-7-2-1-3-8-13)23-18-21-15-11-5-4-10-14(15)16(24)22-18/h1-12H,(H3,19,21,22,23,24). The number of fused-ring (bicyclic) bond motifs is 1. The lowest BCUT2D eigenvalue weighted by Crippen LogP contribution is -2.11. The number of aromatic nitrogens is 2. The van der Waals surface area contributed by atoms with Gasteiger partial charge in [-0.2, -0.15) is 4.99 Å². The number of rotatable bonds is 3. The molecule has 0 spiro atoms. The summed E-state index contributed by atoms with van der Waals surface area (Å²) < 4.78 is 0. The molecular weight excluding hydrogens is 302 g/mol. The van der Waals surface area contributed by atoms with Crippen molar-refractivity contribution < 1.29 is 0 Å². The summed E-state index contributed by atoms with van der Waals surface area (Å²) in [4.78, 5) is 26.8. The van der Waals surface area contributed by atoms with Gasteiger partial charge >= 0.3 is 0 Å². The van der Waals surface area contributed by atoms with Gasteiger partial charge in [0.2, 0.25) is 11.9 Å². The van der Waals surface area contributed by atoms with Crippen molar-refractivity contribution in [3.05, 3.63) is 76.6 Å². The first-order valence-electron chi connectivity index (χ1n) is 7.31. The lowest BCUT2D eigenvalue weighted by Gasteiger charge is -1.98. The van der Waals surface area contributed by atoms with Gasteiger partial charge in [-0.1, -0.05) is 48.5 Å². The zero-order valence-electron chi connectivity index (χ0n) is 12.8. The number of aliphatic imine (C=N–C) groups is 2. The number of aromatic amines is 1. The van der Waals surface area contributed by atoms with Gasteiger partial charge in [-0.25, -0.2) is 9.98 Å². The van der Waals surface area contributed by atoms with Gasteiger partial charge in [0.05, 0.1) is 10.9 Å². The van der Waals surface area contributed by atoms with Crippen molar-refractivity contribution in [1.82, 2.24) is 9.97 Å². The minimum atomic E-state index is -0.264. The monoisotopic (exact) mass is 317 g/mol. The van der Waals surface area contributed by atoms with Gasteiger partial charge < -0.3 is 5.73 Å². The SMILES string of the molecule is NC(N=CC=Cc1ccccc1)=Nc1nc2ccccc2c(=O)[nH]1. The van der Waals surface area contributed by atoms with Crippen molar-refractivity contribution in [2.24, 2.45) is 15.7 Å². The van der Waals surface area contributed by atoms with E-state index in [0.29, 0.717) is 10.9 Å². The van der Waals surface area contributed by atoms with E-state index in [4.69, 9.17) is 5.73 Å². The fourth-order valence-electron chi connectivity index (χ4n) is 2.10. The highest BCUT2D eigenvalue weighted by atomic mass is 16.1. The van der Waals surface area contributed by atoms with Crippen LogP contribution in [-0.2, 0) is 0 Å². The summed E-state index contributed by atoms with van der Waals surface area (Å²) in [6.07, 6.45) is 5.19. The van der Waals surface area contributed by atoms with Crippen molar-refractivity contribution in [3.63, 3.8) is 0 Å². The topological polar surface area (TPSA) is 96.5 Å². The maximum atomic E-state index is 11.9. The van der Waals surface area contributed by atoms with Crippen LogP contribution < -0.4 is 11.3 Å². The van der Waals surface area contributed by atoms with E-state index in [0.717, 1.165) is 5.56 Å². The number of H-pyrrole nitrogens is 1. The molecule has 118 valence electrons. The average Bonchev–Trinajstić information content (AvgIpc) is 2.60. The fourth-order valence-corrected chi connectivity index (χ4v) is 2.10. The Morgan fingerprint density at radius 3 is 2.67 bits per heavy atom. The Kier molecular flexibility index (Phi) is 4.57. The Hall–Kier alpha value is -3.54. The Morgan fingerprint density at radius 2 is 1.83 bits per heavy atom. The summed E-state index contributed by atoms with van der Waals surface area (Å²) in [5, 5.41) is 0.504. The highest BCUT2D eigenvalue weighted by Crippen LogP contribution is 2.09. The average molecular weight is 317 g/mol. The molecule has 1 heterocycles. The van der Waals surface area contributed by atoms with E-state index in [1.54, 1.807) is 30.3 Å². The van der Waals surface area contributed by atoms with Crippen LogP contribution >= 0.6 is 0 Å². The van der Waals surface area contributed by atoms with Gasteiger partial charge in [0, 0.05) is 6.21 Å². The summed E-state index contributed by atoms with van der Waals surface area (Å²) >= 11 is 0. The number of nitrogens with one attached hydrogen (secondary N) is 1. The minimum Gasteiger partial charge on any atom is -0.368 e. The lowest BCUT2D eigenvalue weighted by atomic mass is 10.2. The molecule has 6 nitrogen and oxygen atoms in total. The first-order valence-corrected chi connectivity index (χ1v) is 7.31. The van der Waals surface area contributed by atoms with Gasteiger partial charge in [-0.05, 0) is 23.8 Å². The van der Waals surface area contributed by atoms with E-state index in [1.807, 2.05) is 36.4 Å². The van der Waals surface area contributed by atoms with Crippen LogP contribution in [-0.4, -0.2) is 22.1 Å². The number of guanidine groups is 1. The molecule has 0 fully saturated rings. The van der Waals surface area contributed by atoms with Crippen LogP contribution in [0.5, 0.6) is 0 Å². The van der Waals surface area contributed by atoms with Crippen molar-refractivity contribution in [1.29, 1.82) is 0 Å². The van der Waals surface area contributed by atoms with Crippen LogP contribution in [0.15, 0.2) is 75.5 Å². The second-order valence-corrected chi connectivity index (χ2v) is 4.92. The Balaban J connectivity index is 1.77. The summed E-state index contributed by atoms with van der Waals surface area (Å²) in [6.45, 7) is 0. The molecule has 0 saturated heterocycles. The lowest BCUT2D eigenvalue weighted by molar-refractivity contribution is 1.13. The summed E-state index contributed by atoms with van der Waals surface area (Å²) in [5.74, 6) is 0.131. The summed E-state index contributed by atoms with van der Waals surface area (Å²) in [5.41, 5.74) is 7.08. The summed E-state index contributed by atoms with van der Waals surface area (Å²) in [6, 6.07) is 16.8. The van der Waals surface area contributed by atoms with Crippen LogP contribution in [0.1, 0.15) is 5.56 Å². The number of nitrogens with zero attached hydrogens (tertiary/aromatic N) is 3. The second-order valence-electron chi connectivity index (χ2n) is 4.92. The van der Waals surface area contributed by atoms with Crippen LogP contribution in [0.3, 0.4) is 0 Å². The second kappa shape index (κ2) is 7.15. The number of para-hydroxylation sites is 1. The predicted octanol–water partition coefficient (Wildman–Crippen LogP) is 2.65. The van der Waals surface area contributed by atoms with E-state index in [-0.39, 0.29) is 17.5 Å². The molecule has 0 aliphatic heterocycles. The third kappa shape index (κ3) is 3.80. The summed E-state index contributed by atoms with van der Waals surface area (Å²) in [7, 11) is 0. The molecule has 0 amide bonds. The Labute approximate surface area is 138 Å². The molecule has 0 atom stereocenters. The third-order valence-electron chi connectivity index (χ3n) is 3.20. The van der Waals surface area contributed by atoms with Crippen LogP contribution in [0.25, 0.3) is 17.0 Å². The molecule has 0 radical (unpaired) electrons. The third-order valence-corrected chi connectivity index (χ3v) is 3.20. The molecule has 0 saturated carbocycles. The molecule has 2 aromatic carbocycles. The molecular formula is C18H15N5O. The van der Waals surface area contributed by atoms with E-state index in [1.165, 1.54) is 6.21 Å². The van der Waals surface area contributed by atoms with E-state index >= 15 is 0 Å². The smallest absolute Gasteiger partial charge is 0.260 e. The number of benzene rings is 2. The molecule has 0 aliphatic rings. The number of allylic oxidation sites excluding steroid dienone is 1. The zero-order chi connectivity index (χ0) is 16.8. The Bertz CT molecular complexity index is 987. The van der Waals surface area contributed by atoms with Crippen LogP contribution in [0.4, 0.5) is 5.95 Å². The quantitative estimate of drug-likeness (QED) is 0.574. The zero-order valence-corrected chi connectivity index (χ0v) is 12.8. The van der Waals surface area contributed by atoms with Gasteiger partial charge in [0.25, 0.3) is 5.56 Å². The van der Waals surface area contributed by atoms with Gasteiger partial charge in [-0.15, -0.1) is 0 Å². The first kappa shape index (κ1) is 15.4. The Morgan fingerprint density at radius 1 is 1.08 bits per heavy atom. The normalized spacial score (nSPS) is 12.4. The predicted molar refractivity (Wildman–Crippen MR) is 97.6 cm³/mol. The molecule has 1 aromatic heterocycles. The minimum absolute atomic E-state index is 0.00569. The number of hydrogen-bond acceptors (Lipinski definition) is 3. The van der Waals surface area contributed by atoms with Crippen LogP contribution in [0.2, 0.25) is 0 Å². The molecule has 0 unspecified atom stereocenters. The van der Waals surface area contributed by atoms with Crippen LogP contribution in [0, 0.1) is 0 Å². The highest BCUT2D eigenvalue weighted by Gasteiger charge is 2.02. The van der Waals surface area contributed by atoms with Crippen molar-refractivity contribution >= 4 is 35.1 Å². The first-order chi connectivity index (χ1) is 11.7. The number of nitrogens with two attached hydrogens (primary N) is 1. The maximum absolute atomic E-state index is 11.9. The molecule has 3 rings (SSSR count). The van der Waals surface area contributed by atoms with E-state index < -0.39 is 0 Å². The van der Waals surface area contributed by atoms with E-state index in [2.05, 4.69) is 20.0 Å². The van der Waals surface area contributed by atoms with Crippen molar-refractivity contribution in [2.45, 2.75) is 0 Å². The highest BCUT2D eigenvalue weighted by molar-refractivity contribution is 5.92. The van der Waals surface area contributed by atoms with Gasteiger partial charge in [-0.3, -0.25) is 9.78 Å². The molecule has 0 bridgehead atoms. The molecule has 6 heteroatoms. The molecule has 3 aromatic rings. The largest absolute Gasteiger partial charge is 0.368 e. The van der Waals surface area contributed by atoms with Crippen molar-refractivity contribution in [2.75, 3.05) is 0 Å². The molecule has 3 N–H and O–H groups in total. The van der Waals surface area contributed by atoms with E-state index in [9.17, 15) is 4.79 Å². The maximum Gasteiger partial charge on any atom is 0.260 e. The van der Waals surface area contributed by atoms with Gasteiger partial charge in [0.15, 0.2) is 0 Å². The van der Waals surface area contributed by atoms with Gasteiger partial charge in [0.1, 0.15) is 0 Å². The fraction of sp³-hybridized carbons (Fsp3) is 0. The number of hydrogen-bond donors (Lipinski definition) is 2. The van der Waals surface area contributed by atoms with Crippen molar-refractivity contribution in [3.8, 4) is 0 Å². The molecule has 24 heavy (non-hydrogen) atoms. The molecule has 0 aliphatic carbocycles.